The molecule has 0 bridgehead atoms. The van der Waals surface area contributed by atoms with Gasteiger partial charge in [0, 0.05) is 24.7 Å². The zero-order chi connectivity index (χ0) is 24.5. The Bertz CT molecular complexity index is 1330. The number of sulfonamides is 1. The zero-order valence-electron chi connectivity index (χ0n) is 18.3. The van der Waals surface area contributed by atoms with Crippen molar-refractivity contribution in [3.05, 3.63) is 88.4 Å². The maximum Gasteiger partial charge on any atom is 0.324 e. The van der Waals surface area contributed by atoms with Gasteiger partial charge in [0.25, 0.3) is 10.0 Å². The van der Waals surface area contributed by atoms with Crippen LogP contribution in [0.5, 0.6) is 0 Å². The molecule has 0 atom stereocenters. The van der Waals surface area contributed by atoms with Crippen LogP contribution in [-0.2, 0) is 16.6 Å². The number of carbonyl (C=O) groups excluding carboxylic acids is 1. The van der Waals surface area contributed by atoms with Crippen molar-refractivity contribution >= 4 is 39.0 Å². The Hall–Kier alpha value is -3.17. The van der Waals surface area contributed by atoms with Crippen molar-refractivity contribution in [1.29, 1.82) is 0 Å². The number of nitrogens with zero attached hydrogens (tertiary/aromatic N) is 2. The minimum atomic E-state index is -4.03. The second kappa shape index (κ2) is 9.60. The monoisotopic (exact) mass is 505 g/mol. The third-order valence-corrected chi connectivity index (χ3v) is 7.24. The molecule has 3 aromatic carbocycles. The number of urea groups is 1. The summed E-state index contributed by atoms with van der Waals surface area (Å²) < 4.78 is 55.3. The van der Waals surface area contributed by atoms with Gasteiger partial charge < -0.3 is 4.90 Å². The average Bonchev–Trinajstić information content (AvgIpc) is 2.78. The number of amides is 2. The first-order chi connectivity index (χ1) is 16.1. The van der Waals surface area contributed by atoms with Gasteiger partial charge in [0.2, 0.25) is 0 Å². The summed E-state index contributed by atoms with van der Waals surface area (Å²) in [6, 6.07) is 13.2. The van der Waals surface area contributed by atoms with Crippen molar-refractivity contribution in [2.45, 2.75) is 24.8 Å². The van der Waals surface area contributed by atoms with Crippen LogP contribution in [0.25, 0.3) is 0 Å². The molecule has 1 fully saturated rings. The highest BCUT2D eigenvalue weighted by Gasteiger charge is 2.30. The fourth-order valence-electron chi connectivity index (χ4n) is 3.81. The Morgan fingerprint density at radius 3 is 2.41 bits per heavy atom. The largest absolute Gasteiger partial charge is 0.324 e. The first-order valence-corrected chi connectivity index (χ1v) is 12.4. The molecule has 0 unspecified atom stereocenters. The van der Waals surface area contributed by atoms with Crippen LogP contribution in [0.3, 0.4) is 0 Å². The first kappa shape index (κ1) is 24.0. The average molecular weight is 506 g/mol. The lowest BCUT2D eigenvalue weighted by molar-refractivity contribution is 0.192. The number of halogens is 3. The number of carbonyl (C=O) groups is 1. The van der Waals surface area contributed by atoms with Gasteiger partial charge in [-0.05, 0) is 79.1 Å². The van der Waals surface area contributed by atoms with Crippen LogP contribution in [0.4, 0.5) is 25.0 Å². The second-order valence-electron chi connectivity index (χ2n) is 8.03. The van der Waals surface area contributed by atoms with Crippen molar-refractivity contribution in [3.8, 4) is 0 Å². The second-order valence-corrected chi connectivity index (χ2v) is 10.1. The van der Waals surface area contributed by atoms with Gasteiger partial charge >= 0.3 is 6.03 Å². The SMILES string of the molecule is Cc1ccc(N2CCCN(Cc3cc(F)ccc3Cl)C2=O)c(NS(=O)(=O)c2ccc(F)cc2)c1. The van der Waals surface area contributed by atoms with E-state index in [1.807, 2.05) is 0 Å². The van der Waals surface area contributed by atoms with Crippen molar-refractivity contribution in [2.24, 2.45) is 0 Å². The van der Waals surface area contributed by atoms with Gasteiger partial charge in [0.1, 0.15) is 11.6 Å². The van der Waals surface area contributed by atoms with Gasteiger partial charge in [-0.2, -0.15) is 0 Å². The van der Waals surface area contributed by atoms with Crippen molar-refractivity contribution in [3.63, 3.8) is 0 Å². The van der Waals surface area contributed by atoms with Crippen LogP contribution in [0, 0.1) is 18.6 Å². The molecule has 0 radical (unpaired) electrons. The molecule has 2 amide bonds. The number of rotatable bonds is 6. The Morgan fingerprint density at radius 2 is 1.68 bits per heavy atom. The van der Waals surface area contributed by atoms with Gasteiger partial charge in [-0.15, -0.1) is 0 Å². The van der Waals surface area contributed by atoms with E-state index in [2.05, 4.69) is 4.72 Å². The Balaban J connectivity index is 1.63. The highest BCUT2D eigenvalue weighted by atomic mass is 35.5. The first-order valence-electron chi connectivity index (χ1n) is 10.5. The third kappa shape index (κ3) is 5.15. The molecular weight excluding hydrogens is 484 g/mol. The predicted octanol–water partition coefficient (Wildman–Crippen LogP) is 5.56. The molecule has 1 saturated heterocycles. The van der Waals surface area contributed by atoms with E-state index in [0.717, 1.165) is 17.7 Å². The van der Waals surface area contributed by atoms with Crippen LogP contribution < -0.4 is 9.62 Å². The smallest absolute Gasteiger partial charge is 0.320 e. The van der Waals surface area contributed by atoms with E-state index in [1.165, 1.54) is 35.2 Å². The molecule has 4 rings (SSSR count). The lowest BCUT2D eigenvalue weighted by Gasteiger charge is -2.36. The minimum absolute atomic E-state index is 0.103. The summed E-state index contributed by atoms with van der Waals surface area (Å²) in [6.45, 7) is 2.75. The maximum atomic E-state index is 13.7. The molecule has 178 valence electrons. The Labute approximate surface area is 201 Å². The molecule has 0 saturated carbocycles. The van der Waals surface area contributed by atoms with E-state index < -0.39 is 21.7 Å². The molecule has 0 aromatic heterocycles. The summed E-state index contributed by atoms with van der Waals surface area (Å²) in [6.07, 6.45) is 0.622. The lowest BCUT2D eigenvalue weighted by Crippen LogP contribution is -2.49. The van der Waals surface area contributed by atoms with Gasteiger partial charge in [-0.1, -0.05) is 17.7 Å². The molecule has 1 heterocycles. The number of hydrogen-bond donors (Lipinski definition) is 1. The molecule has 3 aromatic rings. The highest BCUT2D eigenvalue weighted by molar-refractivity contribution is 7.92. The zero-order valence-corrected chi connectivity index (χ0v) is 19.8. The van der Waals surface area contributed by atoms with Crippen LogP contribution in [-0.4, -0.2) is 32.4 Å². The maximum absolute atomic E-state index is 13.7. The molecule has 1 N–H and O–H groups in total. The number of nitrogens with one attached hydrogen (secondary N) is 1. The molecule has 34 heavy (non-hydrogen) atoms. The summed E-state index contributed by atoms with van der Waals surface area (Å²) >= 11 is 6.18. The molecule has 10 heteroatoms. The van der Waals surface area contributed by atoms with Crippen LogP contribution in [0.2, 0.25) is 5.02 Å². The van der Waals surface area contributed by atoms with Crippen molar-refractivity contribution in [2.75, 3.05) is 22.7 Å². The predicted molar refractivity (Wildman–Crippen MR) is 128 cm³/mol. The summed E-state index contributed by atoms with van der Waals surface area (Å²) in [5, 5.41) is 0.356. The minimum Gasteiger partial charge on any atom is -0.320 e. The van der Waals surface area contributed by atoms with Crippen LogP contribution in [0.15, 0.2) is 65.6 Å². The molecule has 0 spiro atoms. The number of aryl methyl sites for hydroxylation is 1. The van der Waals surface area contributed by atoms with E-state index in [-0.39, 0.29) is 23.2 Å². The lowest BCUT2D eigenvalue weighted by atomic mass is 10.1. The summed E-state index contributed by atoms with van der Waals surface area (Å²) in [4.78, 5) is 16.3. The van der Waals surface area contributed by atoms with Gasteiger partial charge in [0.15, 0.2) is 0 Å². The quantitative estimate of drug-likeness (QED) is 0.477. The molecule has 1 aliphatic rings. The van der Waals surface area contributed by atoms with Crippen molar-refractivity contribution in [1.82, 2.24) is 4.90 Å². The van der Waals surface area contributed by atoms with Crippen LogP contribution in [0.1, 0.15) is 17.5 Å². The van der Waals surface area contributed by atoms with Crippen molar-refractivity contribution < 1.29 is 22.0 Å². The summed E-state index contributed by atoms with van der Waals surface area (Å²) in [5.41, 5.74) is 1.88. The fraction of sp³-hybridized carbons (Fsp3) is 0.208. The number of hydrogen-bond acceptors (Lipinski definition) is 3. The van der Waals surface area contributed by atoms with E-state index in [1.54, 1.807) is 30.0 Å². The Morgan fingerprint density at radius 1 is 0.971 bits per heavy atom. The van der Waals surface area contributed by atoms with Crippen LogP contribution >= 0.6 is 11.6 Å². The fourth-order valence-corrected chi connectivity index (χ4v) is 5.05. The van der Waals surface area contributed by atoms with E-state index in [4.69, 9.17) is 11.6 Å². The van der Waals surface area contributed by atoms with E-state index in [0.29, 0.717) is 35.8 Å². The summed E-state index contributed by atoms with van der Waals surface area (Å²) in [5.74, 6) is -0.996. The number of anilines is 2. The summed E-state index contributed by atoms with van der Waals surface area (Å²) in [7, 11) is -4.03. The van der Waals surface area contributed by atoms with E-state index in [9.17, 15) is 22.0 Å². The van der Waals surface area contributed by atoms with Gasteiger partial charge in [-0.3, -0.25) is 9.62 Å². The van der Waals surface area contributed by atoms with Gasteiger partial charge in [0.05, 0.1) is 16.3 Å². The Kier molecular flexibility index (Phi) is 6.77. The normalized spacial score (nSPS) is 14.4. The van der Waals surface area contributed by atoms with Gasteiger partial charge in [-0.25, -0.2) is 22.0 Å². The molecular formula is C24H22ClF2N3O3S. The standard InChI is InChI=1S/C24H22ClF2N3O3S/c1-16-3-10-23(22(13-16)28-34(32,33)20-7-4-18(26)5-8-20)30-12-2-11-29(24(30)31)15-17-14-19(27)6-9-21(17)25/h3-10,13-14,28H,2,11-12,15H2,1H3. The highest BCUT2D eigenvalue weighted by Crippen LogP contribution is 2.32. The molecule has 6 nitrogen and oxygen atoms in total. The molecule has 0 aliphatic carbocycles. The third-order valence-electron chi connectivity index (χ3n) is 5.49. The topological polar surface area (TPSA) is 69.7 Å². The number of benzene rings is 3. The molecule has 1 aliphatic heterocycles. The van der Waals surface area contributed by atoms with E-state index >= 15 is 0 Å².